The molecule has 4 rings (SSSR count). The summed E-state index contributed by atoms with van der Waals surface area (Å²) >= 11 is 0. The Morgan fingerprint density at radius 1 is 1.11 bits per heavy atom. The van der Waals surface area contributed by atoms with Crippen LogP contribution in [-0.2, 0) is 12.8 Å². The second kappa shape index (κ2) is 8.95. The Labute approximate surface area is 177 Å². The van der Waals surface area contributed by atoms with Gasteiger partial charge in [0.05, 0.1) is 25.9 Å². The molecule has 0 aliphatic carbocycles. The maximum absolute atomic E-state index is 6.15. The van der Waals surface area contributed by atoms with E-state index >= 15 is 0 Å². The molecule has 4 N–H and O–H groups in total. The van der Waals surface area contributed by atoms with Crippen LogP contribution in [0.3, 0.4) is 0 Å². The number of nitrogens with one attached hydrogen (secondary N) is 2. The molecule has 5 nitrogen and oxygen atoms in total. The molecular weight excluding hydrogens is 397 g/mol. The second-order valence-corrected chi connectivity index (χ2v) is 6.95. The monoisotopic (exact) mass is 423 g/mol. The number of nitrogen functional groups attached to an aromatic ring is 1. The highest BCUT2D eigenvalue weighted by atomic mass is 35.5. The summed E-state index contributed by atoms with van der Waals surface area (Å²) in [5.41, 5.74) is 13.1. The van der Waals surface area contributed by atoms with Crippen molar-refractivity contribution < 1.29 is 9.47 Å². The number of benzene rings is 2. The molecule has 0 radical (unpaired) electrons. The van der Waals surface area contributed by atoms with Gasteiger partial charge in [0.15, 0.2) is 11.5 Å². The number of hydrogen-bond donors (Lipinski definition) is 3. The summed E-state index contributed by atoms with van der Waals surface area (Å²) < 4.78 is 10.8. The number of aromatic nitrogens is 1. The van der Waals surface area contributed by atoms with Gasteiger partial charge in [0, 0.05) is 16.6 Å². The summed E-state index contributed by atoms with van der Waals surface area (Å²) in [6.07, 6.45) is 1.88. The van der Waals surface area contributed by atoms with Crippen molar-refractivity contribution in [3.8, 4) is 11.5 Å². The molecule has 152 valence electrons. The van der Waals surface area contributed by atoms with Crippen molar-refractivity contribution in [1.82, 2.24) is 10.3 Å². The number of fused-ring (bicyclic) bond motifs is 3. The third-order valence-corrected chi connectivity index (χ3v) is 5.22. The van der Waals surface area contributed by atoms with Gasteiger partial charge >= 0.3 is 0 Å². The van der Waals surface area contributed by atoms with Gasteiger partial charge in [-0.15, -0.1) is 24.8 Å². The van der Waals surface area contributed by atoms with Crippen molar-refractivity contribution in [2.45, 2.75) is 25.8 Å². The summed E-state index contributed by atoms with van der Waals surface area (Å²) in [6.45, 7) is 3.12. The molecule has 7 heteroatoms. The number of ether oxygens (including phenoxy) is 2. The van der Waals surface area contributed by atoms with Gasteiger partial charge in [-0.1, -0.05) is 11.6 Å². The number of aryl methyl sites for hydroxylation is 1. The number of hydrogen-bond acceptors (Lipinski definition) is 4. The lowest BCUT2D eigenvalue weighted by atomic mass is 9.94. The molecule has 0 bridgehead atoms. The van der Waals surface area contributed by atoms with Gasteiger partial charge in [-0.2, -0.15) is 0 Å². The Morgan fingerprint density at radius 2 is 1.89 bits per heavy atom. The highest BCUT2D eigenvalue weighted by molar-refractivity contribution is 5.86. The molecule has 1 atom stereocenters. The van der Waals surface area contributed by atoms with E-state index in [0.29, 0.717) is 17.2 Å². The van der Waals surface area contributed by atoms with Crippen LogP contribution in [0.25, 0.3) is 10.9 Å². The lowest BCUT2D eigenvalue weighted by Crippen LogP contribution is -2.31. The first-order valence-corrected chi connectivity index (χ1v) is 8.95. The predicted octanol–water partition coefficient (Wildman–Crippen LogP) is 4.35. The molecule has 0 saturated heterocycles. The predicted molar refractivity (Wildman–Crippen MR) is 120 cm³/mol. The van der Waals surface area contributed by atoms with Crippen molar-refractivity contribution >= 4 is 41.4 Å². The largest absolute Gasteiger partial charge is 0.493 e. The van der Waals surface area contributed by atoms with Gasteiger partial charge in [-0.05, 0) is 61.7 Å². The van der Waals surface area contributed by atoms with Crippen molar-refractivity contribution in [1.29, 1.82) is 0 Å². The summed E-state index contributed by atoms with van der Waals surface area (Å²) in [7, 11) is 3.24. The molecule has 3 aromatic rings. The fourth-order valence-corrected chi connectivity index (χ4v) is 4.00. The van der Waals surface area contributed by atoms with Gasteiger partial charge in [0.1, 0.15) is 0 Å². The minimum absolute atomic E-state index is 0. The minimum atomic E-state index is 0. The number of aromatic amines is 1. The number of halogens is 2. The van der Waals surface area contributed by atoms with Crippen LogP contribution >= 0.6 is 24.8 Å². The summed E-state index contributed by atoms with van der Waals surface area (Å²) in [4.78, 5) is 3.63. The van der Waals surface area contributed by atoms with E-state index in [2.05, 4.69) is 35.4 Å². The average molecular weight is 424 g/mol. The van der Waals surface area contributed by atoms with Gasteiger partial charge in [-0.3, -0.25) is 0 Å². The topological polar surface area (TPSA) is 72.3 Å². The van der Waals surface area contributed by atoms with Crippen LogP contribution in [0.4, 0.5) is 5.69 Å². The van der Waals surface area contributed by atoms with Gasteiger partial charge in [-0.25, -0.2) is 0 Å². The second-order valence-electron chi connectivity index (χ2n) is 6.95. The lowest BCUT2D eigenvalue weighted by molar-refractivity contribution is 0.356. The van der Waals surface area contributed by atoms with Crippen molar-refractivity contribution in [3.63, 3.8) is 0 Å². The molecule has 0 amide bonds. The van der Waals surface area contributed by atoms with E-state index in [1.165, 1.54) is 27.7 Å². The van der Waals surface area contributed by atoms with Gasteiger partial charge < -0.3 is 25.5 Å². The average Bonchev–Trinajstić information content (AvgIpc) is 3.00. The third kappa shape index (κ3) is 3.88. The van der Waals surface area contributed by atoms with Gasteiger partial charge in [0.25, 0.3) is 0 Å². The van der Waals surface area contributed by atoms with Crippen LogP contribution in [0.15, 0.2) is 30.3 Å². The molecule has 1 aromatic heterocycles. The van der Waals surface area contributed by atoms with Crippen LogP contribution < -0.4 is 20.5 Å². The zero-order chi connectivity index (χ0) is 18.3. The molecule has 0 fully saturated rings. The molecular formula is C21H27Cl2N3O2. The Morgan fingerprint density at radius 3 is 2.61 bits per heavy atom. The van der Waals surface area contributed by atoms with Crippen LogP contribution in [0.1, 0.15) is 28.4 Å². The number of anilines is 1. The van der Waals surface area contributed by atoms with E-state index in [4.69, 9.17) is 15.2 Å². The van der Waals surface area contributed by atoms with E-state index < -0.39 is 0 Å². The standard InChI is InChI=1S/C21H25N3O2.2ClH/c1-12-4-5-17-15(8-12)14-6-7-23-18(20(14)24-17)10-13-9-16(22)21(26-3)19(11-13)25-2;;/h4-5,8-9,11,18,23-24H,6-7,10,22H2,1-3H3;2*1H. The van der Waals surface area contributed by atoms with E-state index in [-0.39, 0.29) is 30.9 Å². The summed E-state index contributed by atoms with van der Waals surface area (Å²) in [6, 6.07) is 10.8. The van der Waals surface area contributed by atoms with Crippen LogP contribution in [-0.4, -0.2) is 25.7 Å². The third-order valence-electron chi connectivity index (χ3n) is 5.22. The zero-order valence-electron chi connectivity index (χ0n) is 16.3. The molecule has 1 unspecified atom stereocenters. The summed E-state index contributed by atoms with van der Waals surface area (Å²) in [5.74, 6) is 1.26. The van der Waals surface area contributed by atoms with Crippen molar-refractivity contribution in [2.75, 3.05) is 26.5 Å². The first kappa shape index (κ1) is 22.2. The van der Waals surface area contributed by atoms with E-state index in [0.717, 1.165) is 24.9 Å². The molecule has 1 aliphatic heterocycles. The highest BCUT2D eigenvalue weighted by Crippen LogP contribution is 2.37. The van der Waals surface area contributed by atoms with Crippen molar-refractivity contribution in [3.05, 3.63) is 52.7 Å². The fraction of sp³-hybridized carbons (Fsp3) is 0.333. The van der Waals surface area contributed by atoms with E-state index in [1.54, 1.807) is 14.2 Å². The molecule has 28 heavy (non-hydrogen) atoms. The molecule has 2 aromatic carbocycles. The van der Waals surface area contributed by atoms with Crippen LogP contribution in [0.5, 0.6) is 11.5 Å². The molecule has 0 spiro atoms. The fourth-order valence-electron chi connectivity index (χ4n) is 4.00. The zero-order valence-corrected chi connectivity index (χ0v) is 17.9. The molecule has 2 heterocycles. The quantitative estimate of drug-likeness (QED) is 0.545. The highest BCUT2D eigenvalue weighted by Gasteiger charge is 2.24. The Hall–Kier alpha value is -2.08. The van der Waals surface area contributed by atoms with Crippen LogP contribution in [0, 0.1) is 6.92 Å². The first-order valence-electron chi connectivity index (χ1n) is 8.95. The Kier molecular flexibility index (Phi) is 7.10. The Bertz CT molecular complexity index is 972. The number of H-pyrrole nitrogens is 1. The van der Waals surface area contributed by atoms with E-state index in [9.17, 15) is 0 Å². The number of rotatable bonds is 4. The SMILES string of the molecule is COc1cc(CC2NCCc3c2[nH]c2ccc(C)cc32)cc(N)c1OC.Cl.Cl. The molecule has 1 aliphatic rings. The minimum Gasteiger partial charge on any atom is -0.493 e. The smallest absolute Gasteiger partial charge is 0.183 e. The van der Waals surface area contributed by atoms with E-state index in [1.807, 2.05) is 12.1 Å². The first-order chi connectivity index (χ1) is 12.6. The number of methoxy groups -OCH3 is 2. The normalized spacial score (nSPS) is 15.3. The molecule has 0 saturated carbocycles. The Balaban J connectivity index is 0.00000140. The van der Waals surface area contributed by atoms with Crippen molar-refractivity contribution in [2.24, 2.45) is 0 Å². The summed E-state index contributed by atoms with van der Waals surface area (Å²) in [5, 5.41) is 4.99. The lowest BCUT2D eigenvalue weighted by Gasteiger charge is -2.25. The maximum atomic E-state index is 6.15. The van der Waals surface area contributed by atoms with Gasteiger partial charge in [0.2, 0.25) is 0 Å². The maximum Gasteiger partial charge on any atom is 0.183 e. The van der Waals surface area contributed by atoms with Crippen LogP contribution in [0.2, 0.25) is 0 Å². The number of nitrogens with two attached hydrogens (primary N) is 1.